The number of carbonyl (C=O) groups excluding carboxylic acids is 2. The van der Waals surface area contributed by atoms with Crippen molar-refractivity contribution < 1.29 is 9.59 Å². The summed E-state index contributed by atoms with van der Waals surface area (Å²) >= 11 is 0. The molecule has 2 fully saturated rings. The zero-order valence-corrected chi connectivity index (χ0v) is 13.8. The van der Waals surface area contributed by atoms with Crippen LogP contribution in [0.25, 0.3) is 5.82 Å². The molecule has 8 nitrogen and oxygen atoms in total. The molecule has 8 heteroatoms. The molecule has 1 N–H and O–H groups in total. The number of hydrogen-bond acceptors (Lipinski definition) is 4. The summed E-state index contributed by atoms with van der Waals surface area (Å²) in [5, 5.41) is 2.84. The maximum atomic E-state index is 12.8. The molecule has 2 aliphatic heterocycles. The summed E-state index contributed by atoms with van der Waals surface area (Å²) in [4.78, 5) is 36.6. The van der Waals surface area contributed by atoms with E-state index < -0.39 is 0 Å². The van der Waals surface area contributed by atoms with Gasteiger partial charge in [-0.05, 0) is 25.0 Å². The third-order valence-electron chi connectivity index (χ3n) is 4.84. The highest BCUT2D eigenvalue weighted by molar-refractivity contribution is 5.94. The van der Waals surface area contributed by atoms with Gasteiger partial charge in [-0.15, -0.1) is 0 Å². The number of piperidine rings is 1. The molecule has 0 atom stereocenters. The molecule has 0 saturated carbocycles. The molecule has 0 radical (unpaired) electrons. The zero-order valence-electron chi connectivity index (χ0n) is 13.8. The van der Waals surface area contributed by atoms with Crippen molar-refractivity contribution in [1.29, 1.82) is 0 Å². The number of nitrogens with zero attached hydrogens (tertiary/aromatic N) is 5. The van der Waals surface area contributed by atoms with Crippen molar-refractivity contribution in [1.82, 2.24) is 29.7 Å². The van der Waals surface area contributed by atoms with Gasteiger partial charge in [-0.3, -0.25) is 9.36 Å². The second-order valence-electron chi connectivity index (χ2n) is 6.32. The van der Waals surface area contributed by atoms with Gasteiger partial charge in [0.2, 0.25) is 0 Å². The lowest BCUT2D eigenvalue weighted by atomic mass is 10.0. The lowest BCUT2D eigenvalue weighted by Gasteiger charge is -2.36. The van der Waals surface area contributed by atoms with Gasteiger partial charge in [0.15, 0.2) is 0 Å². The lowest BCUT2D eigenvalue weighted by Crippen LogP contribution is -2.47. The van der Waals surface area contributed by atoms with Gasteiger partial charge in [-0.2, -0.15) is 0 Å². The van der Waals surface area contributed by atoms with Crippen LogP contribution in [0.2, 0.25) is 0 Å². The molecule has 0 aliphatic carbocycles. The molecule has 0 unspecified atom stereocenters. The van der Waals surface area contributed by atoms with Crippen LogP contribution in [0, 0.1) is 0 Å². The first-order valence-electron chi connectivity index (χ1n) is 8.50. The summed E-state index contributed by atoms with van der Waals surface area (Å²) in [6, 6.07) is 3.77. The molecule has 2 saturated heterocycles. The fourth-order valence-corrected chi connectivity index (χ4v) is 3.49. The van der Waals surface area contributed by atoms with Crippen LogP contribution in [0.1, 0.15) is 23.2 Å². The zero-order chi connectivity index (χ0) is 17.2. The monoisotopic (exact) mass is 340 g/mol. The molecule has 2 aromatic rings. The molecule has 4 rings (SSSR count). The second-order valence-corrected chi connectivity index (χ2v) is 6.32. The number of aromatic nitrogens is 3. The molecule has 130 valence electrons. The SMILES string of the molecule is O=C(c1ccnc(-n2ccnc2)c1)N1CCC(N2CCNC2=O)CC1. The number of amides is 3. The van der Waals surface area contributed by atoms with Crippen molar-refractivity contribution in [2.24, 2.45) is 0 Å². The Morgan fingerprint density at radius 3 is 2.72 bits per heavy atom. The van der Waals surface area contributed by atoms with Crippen LogP contribution in [0.4, 0.5) is 4.79 Å². The van der Waals surface area contributed by atoms with Crippen LogP contribution in [-0.4, -0.2) is 68.5 Å². The minimum atomic E-state index is 0.00749. The number of pyridine rings is 1. The van der Waals surface area contributed by atoms with E-state index in [0.29, 0.717) is 31.0 Å². The number of nitrogens with one attached hydrogen (secondary N) is 1. The first-order chi connectivity index (χ1) is 12.2. The van der Waals surface area contributed by atoms with Gasteiger partial charge in [0.25, 0.3) is 5.91 Å². The van der Waals surface area contributed by atoms with E-state index in [1.807, 2.05) is 9.80 Å². The third-order valence-corrected chi connectivity index (χ3v) is 4.84. The summed E-state index contributed by atoms with van der Waals surface area (Å²) < 4.78 is 1.77. The normalized spacial score (nSPS) is 18.5. The first-order valence-corrected chi connectivity index (χ1v) is 8.50. The minimum Gasteiger partial charge on any atom is -0.338 e. The second kappa shape index (κ2) is 6.54. The van der Waals surface area contributed by atoms with E-state index in [-0.39, 0.29) is 18.0 Å². The first kappa shape index (κ1) is 15.6. The number of hydrogen-bond donors (Lipinski definition) is 1. The van der Waals surface area contributed by atoms with Crippen molar-refractivity contribution in [2.45, 2.75) is 18.9 Å². The van der Waals surface area contributed by atoms with Crippen LogP contribution < -0.4 is 5.32 Å². The molecule has 3 amide bonds. The Kier molecular flexibility index (Phi) is 4.09. The maximum absolute atomic E-state index is 12.8. The van der Waals surface area contributed by atoms with Crippen LogP contribution in [0.15, 0.2) is 37.1 Å². The molecular weight excluding hydrogens is 320 g/mol. The fourth-order valence-electron chi connectivity index (χ4n) is 3.49. The standard InChI is InChI=1S/C17H20N6O2/c24-16(13-1-4-19-15(11-13)22-9-5-18-12-22)21-7-2-14(3-8-21)23-10-6-20-17(23)25/h1,4-5,9,11-12,14H,2-3,6-8,10H2,(H,20,25). The Labute approximate surface area is 145 Å². The molecule has 0 aromatic carbocycles. The molecule has 0 spiro atoms. The summed E-state index contributed by atoms with van der Waals surface area (Å²) in [6.45, 7) is 2.80. The predicted octanol–water partition coefficient (Wildman–Crippen LogP) is 0.897. The van der Waals surface area contributed by atoms with Crippen molar-refractivity contribution in [3.8, 4) is 5.82 Å². The number of likely N-dealkylation sites (tertiary alicyclic amines) is 1. The molecule has 2 aromatic heterocycles. The van der Waals surface area contributed by atoms with Crippen molar-refractivity contribution in [2.75, 3.05) is 26.2 Å². The van der Waals surface area contributed by atoms with Gasteiger partial charge in [0.05, 0.1) is 0 Å². The van der Waals surface area contributed by atoms with Gasteiger partial charge < -0.3 is 15.1 Å². The van der Waals surface area contributed by atoms with E-state index in [2.05, 4.69) is 15.3 Å². The maximum Gasteiger partial charge on any atom is 0.317 e. The van der Waals surface area contributed by atoms with E-state index in [1.165, 1.54) is 0 Å². The quantitative estimate of drug-likeness (QED) is 0.900. The topological polar surface area (TPSA) is 83.4 Å². The highest BCUT2D eigenvalue weighted by Gasteiger charge is 2.32. The molecule has 25 heavy (non-hydrogen) atoms. The van der Waals surface area contributed by atoms with Gasteiger partial charge in [0.1, 0.15) is 12.1 Å². The summed E-state index contributed by atoms with van der Waals surface area (Å²) in [5.74, 6) is 0.681. The van der Waals surface area contributed by atoms with Crippen LogP contribution >= 0.6 is 0 Å². The number of urea groups is 1. The lowest BCUT2D eigenvalue weighted by molar-refractivity contribution is 0.0666. The summed E-state index contributed by atoms with van der Waals surface area (Å²) in [7, 11) is 0. The van der Waals surface area contributed by atoms with Crippen molar-refractivity contribution in [3.63, 3.8) is 0 Å². The Morgan fingerprint density at radius 2 is 2.04 bits per heavy atom. The fraction of sp³-hybridized carbons (Fsp3) is 0.412. The number of imidazole rings is 1. The van der Waals surface area contributed by atoms with E-state index in [0.717, 1.165) is 19.4 Å². The third kappa shape index (κ3) is 3.07. The Morgan fingerprint density at radius 1 is 1.20 bits per heavy atom. The van der Waals surface area contributed by atoms with Crippen LogP contribution in [0.5, 0.6) is 0 Å². The Bertz CT molecular complexity index is 767. The Balaban J connectivity index is 1.42. The minimum absolute atomic E-state index is 0.00749. The summed E-state index contributed by atoms with van der Waals surface area (Å²) in [5.41, 5.74) is 0.621. The summed E-state index contributed by atoms with van der Waals surface area (Å²) in [6.07, 6.45) is 8.41. The smallest absolute Gasteiger partial charge is 0.317 e. The van der Waals surface area contributed by atoms with Gasteiger partial charge in [-0.25, -0.2) is 14.8 Å². The van der Waals surface area contributed by atoms with Crippen molar-refractivity contribution >= 4 is 11.9 Å². The van der Waals surface area contributed by atoms with Gasteiger partial charge >= 0.3 is 6.03 Å². The van der Waals surface area contributed by atoms with Gasteiger partial charge in [0, 0.05) is 56.4 Å². The molecule has 4 heterocycles. The van der Waals surface area contributed by atoms with E-state index >= 15 is 0 Å². The van der Waals surface area contributed by atoms with Gasteiger partial charge in [-0.1, -0.05) is 0 Å². The van der Waals surface area contributed by atoms with Crippen LogP contribution in [0.3, 0.4) is 0 Å². The van der Waals surface area contributed by atoms with Crippen molar-refractivity contribution in [3.05, 3.63) is 42.6 Å². The van der Waals surface area contributed by atoms with Crippen LogP contribution in [-0.2, 0) is 0 Å². The largest absolute Gasteiger partial charge is 0.338 e. The average molecular weight is 340 g/mol. The number of rotatable bonds is 3. The average Bonchev–Trinajstić information content (AvgIpc) is 3.33. The van der Waals surface area contributed by atoms with E-state index in [4.69, 9.17) is 0 Å². The van der Waals surface area contributed by atoms with E-state index in [9.17, 15) is 9.59 Å². The number of carbonyl (C=O) groups is 2. The highest BCUT2D eigenvalue weighted by Crippen LogP contribution is 2.20. The Hall–Kier alpha value is -2.90. The molecular formula is C17H20N6O2. The highest BCUT2D eigenvalue weighted by atomic mass is 16.2. The predicted molar refractivity (Wildman–Crippen MR) is 90.4 cm³/mol. The van der Waals surface area contributed by atoms with E-state index in [1.54, 1.807) is 41.6 Å². The molecule has 0 bridgehead atoms. The molecule has 2 aliphatic rings.